The van der Waals surface area contributed by atoms with Gasteiger partial charge in [-0.3, -0.25) is 0 Å². The van der Waals surface area contributed by atoms with E-state index in [1.54, 1.807) is 23.7 Å². The average molecular weight is 290 g/mol. The van der Waals surface area contributed by atoms with E-state index >= 15 is 0 Å². The zero-order chi connectivity index (χ0) is 14.2. The Labute approximate surface area is 122 Å². The van der Waals surface area contributed by atoms with E-state index in [2.05, 4.69) is 27.2 Å². The van der Waals surface area contributed by atoms with E-state index in [0.717, 1.165) is 16.7 Å². The smallest absolute Gasteiger partial charge is 0.192 e. The van der Waals surface area contributed by atoms with Crippen molar-refractivity contribution < 1.29 is 4.42 Å². The third-order valence-corrected chi connectivity index (χ3v) is 3.40. The van der Waals surface area contributed by atoms with Crippen molar-refractivity contribution in [2.24, 2.45) is 4.99 Å². The molecule has 5 nitrogen and oxygen atoms in total. The van der Waals surface area contributed by atoms with Crippen LogP contribution in [0.2, 0.25) is 0 Å². The molecule has 0 aliphatic rings. The largest absolute Gasteiger partial charge is 0.467 e. The quantitative estimate of drug-likeness (QED) is 0.487. The molecule has 2 rings (SSSR count). The standard InChI is InChI=1S/C14H18N4OS/c1-3-6-15-14(17-8-12-5-4-7-19-12)18-10-13-9-16-11(2)20-13/h3-5,7,9H,1,6,8,10H2,2H3,(H2,15,17,18). The molecule has 0 aliphatic heterocycles. The number of nitrogens with one attached hydrogen (secondary N) is 2. The van der Waals surface area contributed by atoms with Gasteiger partial charge in [0.1, 0.15) is 12.3 Å². The van der Waals surface area contributed by atoms with Gasteiger partial charge >= 0.3 is 0 Å². The first-order valence-corrected chi connectivity index (χ1v) is 7.16. The number of aliphatic imine (C=N–C) groups is 1. The van der Waals surface area contributed by atoms with Gasteiger partial charge in [-0.25, -0.2) is 9.98 Å². The maximum Gasteiger partial charge on any atom is 0.192 e. The second-order valence-corrected chi connectivity index (χ2v) is 5.43. The lowest BCUT2D eigenvalue weighted by atomic mass is 10.4. The Morgan fingerprint density at radius 2 is 2.45 bits per heavy atom. The maximum atomic E-state index is 5.26. The summed E-state index contributed by atoms with van der Waals surface area (Å²) in [6.07, 6.45) is 5.32. The molecule has 2 heterocycles. The van der Waals surface area contributed by atoms with Gasteiger partial charge in [0, 0.05) is 17.6 Å². The first-order valence-electron chi connectivity index (χ1n) is 6.34. The average Bonchev–Trinajstić information content (AvgIpc) is 3.09. The van der Waals surface area contributed by atoms with Crippen molar-refractivity contribution >= 4 is 17.3 Å². The molecule has 2 N–H and O–H groups in total. The van der Waals surface area contributed by atoms with Crippen molar-refractivity contribution in [3.05, 3.63) is 52.9 Å². The predicted molar refractivity (Wildman–Crippen MR) is 81.7 cm³/mol. The molecule has 0 saturated carbocycles. The van der Waals surface area contributed by atoms with Gasteiger partial charge < -0.3 is 15.1 Å². The minimum absolute atomic E-state index is 0.501. The maximum absolute atomic E-state index is 5.26. The third kappa shape index (κ3) is 4.55. The first kappa shape index (κ1) is 14.3. The monoisotopic (exact) mass is 290 g/mol. The Balaban J connectivity index is 1.91. The van der Waals surface area contributed by atoms with E-state index < -0.39 is 0 Å². The van der Waals surface area contributed by atoms with Gasteiger partial charge in [0.25, 0.3) is 0 Å². The highest BCUT2D eigenvalue weighted by Crippen LogP contribution is 2.10. The molecule has 0 saturated heterocycles. The van der Waals surface area contributed by atoms with Gasteiger partial charge in [-0.15, -0.1) is 17.9 Å². The molecule has 6 heteroatoms. The first-order chi connectivity index (χ1) is 9.78. The molecule has 0 radical (unpaired) electrons. The van der Waals surface area contributed by atoms with Crippen LogP contribution in [0.1, 0.15) is 15.6 Å². The van der Waals surface area contributed by atoms with Gasteiger partial charge in [-0.05, 0) is 19.1 Å². The Bertz CT molecular complexity index is 560. The van der Waals surface area contributed by atoms with Gasteiger partial charge in [0.05, 0.1) is 17.8 Å². The van der Waals surface area contributed by atoms with Crippen molar-refractivity contribution in [2.75, 3.05) is 6.54 Å². The van der Waals surface area contributed by atoms with Crippen LogP contribution in [0.25, 0.3) is 0 Å². The summed E-state index contributed by atoms with van der Waals surface area (Å²) in [5, 5.41) is 7.50. The molecule has 2 aromatic heterocycles. The Morgan fingerprint density at radius 3 is 3.10 bits per heavy atom. The fraction of sp³-hybridized carbons (Fsp3) is 0.286. The molecule has 2 aromatic rings. The van der Waals surface area contributed by atoms with Gasteiger partial charge in [-0.2, -0.15) is 0 Å². The van der Waals surface area contributed by atoms with Gasteiger partial charge in [0.15, 0.2) is 5.96 Å². The van der Waals surface area contributed by atoms with E-state index in [-0.39, 0.29) is 0 Å². The van der Waals surface area contributed by atoms with E-state index in [1.165, 1.54) is 4.88 Å². The fourth-order valence-electron chi connectivity index (χ4n) is 1.56. The predicted octanol–water partition coefficient (Wildman–Crippen LogP) is 2.47. The molecule has 0 spiro atoms. The summed E-state index contributed by atoms with van der Waals surface area (Å²) in [5.41, 5.74) is 0. The number of thiazole rings is 1. The van der Waals surface area contributed by atoms with Crippen LogP contribution in [0, 0.1) is 6.92 Å². The molecule has 0 unspecified atom stereocenters. The van der Waals surface area contributed by atoms with Crippen LogP contribution in [0.5, 0.6) is 0 Å². The zero-order valence-corrected chi connectivity index (χ0v) is 12.2. The van der Waals surface area contributed by atoms with Crippen LogP contribution in [0.4, 0.5) is 0 Å². The number of guanidine groups is 1. The highest BCUT2D eigenvalue weighted by molar-refractivity contribution is 7.11. The number of aromatic nitrogens is 1. The van der Waals surface area contributed by atoms with Crippen molar-refractivity contribution in [3.63, 3.8) is 0 Å². The molecule has 0 fully saturated rings. The molecule has 106 valence electrons. The summed E-state index contributed by atoms with van der Waals surface area (Å²) in [7, 11) is 0. The summed E-state index contributed by atoms with van der Waals surface area (Å²) in [4.78, 5) is 9.87. The molecule has 0 atom stereocenters. The van der Waals surface area contributed by atoms with Gasteiger partial charge in [0.2, 0.25) is 0 Å². The number of furan rings is 1. The van der Waals surface area contributed by atoms with Crippen LogP contribution in [0.3, 0.4) is 0 Å². The van der Waals surface area contributed by atoms with Crippen molar-refractivity contribution in [2.45, 2.75) is 20.0 Å². The lowest BCUT2D eigenvalue weighted by Crippen LogP contribution is -2.36. The molecule has 20 heavy (non-hydrogen) atoms. The van der Waals surface area contributed by atoms with Crippen molar-refractivity contribution in [1.29, 1.82) is 0 Å². The Morgan fingerprint density at radius 1 is 1.55 bits per heavy atom. The molecule has 0 amide bonds. The summed E-state index contributed by atoms with van der Waals surface area (Å²) in [6.45, 7) is 7.55. The van der Waals surface area contributed by atoms with E-state index in [4.69, 9.17) is 4.42 Å². The van der Waals surface area contributed by atoms with Crippen LogP contribution in [-0.2, 0) is 13.1 Å². The van der Waals surface area contributed by atoms with Crippen LogP contribution in [0.15, 0.2) is 46.7 Å². The topological polar surface area (TPSA) is 62.5 Å². The zero-order valence-electron chi connectivity index (χ0n) is 11.4. The highest BCUT2D eigenvalue weighted by Gasteiger charge is 2.02. The fourth-order valence-corrected chi connectivity index (χ4v) is 2.30. The SMILES string of the molecule is C=CCNC(=NCc1ccco1)NCc1cnc(C)s1. The van der Waals surface area contributed by atoms with Crippen LogP contribution in [-0.4, -0.2) is 17.5 Å². The van der Waals surface area contributed by atoms with Crippen molar-refractivity contribution in [3.8, 4) is 0 Å². The number of aryl methyl sites for hydroxylation is 1. The third-order valence-electron chi connectivity index (χ3n) is 2.49. The minimum Gasteiger partial charge on any atom is -0.467 e. The Hall–Kier alpha value is -2.08. The molecule has 0 bridgehead atoms. The second-order valence-electron chi connectivity index (χ2n) is 4.11. The number of rotatable bonds is 6. The molecule has 0 aromatic carbocycles. The minimum atomic E-state index is 0.501. The molecular formula is C14H18N4OS. The number of hydrogen-bond acceptors (Lipinski definition) is 4. The van der Waals surface area contributed by atoms with Crippen molar-refractivity contribution in [1.82, 2.24) is 15.6 Å². The highest BCUT2D eigenvalue weighted by atomic mass is 32.1. The van der Waals surface area contributed by atoms with Crippen LogP contribution >= 0.6 is 11.3 Å². The molecule has 0 aliphatic carbocycles. The van der Waals surface area contributed by atoms with E-state index in [1.807, 2.05) is 25.3 Å². The van der Waals surface area contributed by atoms with E-state index in [0.29, 0.717) is 19.6 Å². The van der Waals surface area contributed by atoms with Crippen LogP contribution < -0.4 is 10.6 Å². The number of hydrogen-bond donors (Lipinski definition) is 2. The molecular weight excluding hydrogens is 272 g/mol. The normalized spacial score (nSPS) is 11.3. The summed E-state index contributed by atoms with van der Waals surface area (Å²) in [5.74, 6) is 1.56. The summed E-state index contributed by atoms with van der Waals surface area (Å²) in [6, 6.07) is 3.76. The lowest BCUT2D eigenvalue weighted by Gasteiger charge is -2.09. The van der Waals surface area contributed by atoms with Gasteiger partial charge in [-0.1, -0.05) is 6.08 Å². The summed E-state index contributed by atoms with van der Waals surface area (Å²) >= 11 is 1.67. The lowest BCUT2D eigenvalue weighted by molar-refractivity contribution is 0.512. The second kappa shape index (κ2) is 7.49. The Kier molecular flexibility index (Phi) is 5.37. The number of nitrogens with zero attached hydrogens (tertiary/aromatic N) is 2. The van der Waals surface area contributed by atoms with E-state index in [9.17, 15) is 0 Å². The summed E-state index contributed by atoms with van der Waals surface area (Å²) < 4.78 is 5.26.